The molecule has 3 heterocycles. The highest BCUT2D eigenvalue weighted by Crippen LogP contribution is 2.17. The lowest BCUT2D eigenvalue weighted by atomic mass is 10.2. The lowest BCUT2D eigenvalue weighted by Crippen LogP contribution is -2.49. The summed E-state index contributed by atoms with van der Waals surface area (Å²) in [5.41, 5.74) is 0. The topological polar surface area (TPSA) is 69.6 Å². The molecule has 118 valence electrons. The molecule has 0 unspecified atom stereocenters. The zero-order chi connectivity index (χ0) is 15.4. The van der Waals surface area contributed by atoms with E-state index in [-0.39, 0.29) is 11.1 Å². The standard InChI is InChI=1S/C14H19N5O2S/c20-12(2-5-19-10-11-22-14(19)21)17-6-8-18(9-7-17)13-15-3-1-4-16-13/h1,3-4H,2,5-11H2. The fraction of sp³-hybridized carbons (Fsp3) is 0.571. The molecule has 0 bridgehead atoms. The maximum absolute atomic E-state index is 12.2. The fourth-order valence-electron chi connectivity index (χ4n) is 2.63. The van der Waals surface area contributed by atoms with E-state index in [9.17, 15) is 9.59 Å². The molecular weight excluding hydrogens is 302 g/mol. The van der Waals surface area contributed by atoms with Crippen LogP contribution < -0.4 is 4.90 Å². The molecule has 1 aromatic heterocycles. The van der Waals surface area contributed by atoms with Gasteiger partial charge < -0.3 is 14.7 Å². The van der Waals surface area contributed by atoms with E-state index in [0.717, 1.165) is 25.4 Å². The zero-order valence-corrected chi connectivity index (χ0v) is 13.2. The number of carbonyl (C=O) groups is 2. The summed E-state index contributed by atoms with van der Waals surface area (Å²) in [6.07, 6.45) is 3.87. The van der Waals surface area contributed by atoms with Crippen LogP contribution in [0.1, 0.15) is 6.42 Å². The first-order valence-corrected chi connectivity index (χ1v) is 8.44. The molecule has 0 N–H and O–H groups in total. The Labute approximate surface area is 133 Å². The van der Waals surface area contributed by atoms with Crippen molar-refractivity contribution in [3.63, 3.8) is 0 Å². The molecule has 8 heteroatoms. The van der Waals surface area contributed by atoms with Crippen LogP contribution in [0.25, 0.3) is 0 Å². The summed E-state index contributed by atoms with van der Waals surface area (Å²) in [5, 5.41) is 0.0962. The quantitative estimate of drug-likeness (QED) is 0.812. The summed E-state index contributed by atoms with van der Waals surface area (Å²) < 4.78 is 0. The van der Waals surface area contributed by atoms with Gasteiger partial charge in [0.1, 0.15) is 0 Å². The number of nitrogens with zero attached hydrogens (tertiary/aromatic N) is 5. The van der Waals surface area contributed by atoms with Gasteiger partial charge in [-0.1, -0.05) is 11.8 Å². The molecular formula is C14H19N5O2S. The van der Waals surface area contributed by atoms with E-state index in [2.05, 4.69) is 14.9 Å². The fourth-order valence-corrected chi connectivity index (χ4v) is 3.48. The van der Waals surface area contributed by atoms with E-state index in [0.29, 0.717) is 32.0 Å². The number of anilines is 1. The van der Waals surface area contributed by atoms with Crippen molar-refractivity contribution in [3.05, 3.63) is 18.5 Å². The smallest absolute Gasteiger partial charge is 0.281 e. The summed E-state index contributed by atoms with van der Waals surface area (Å²) >= 11 is 1.33. The third-order valence-electron chi connectivity index (χ3n) is 3.91. The van der Waals surface area contributed by atoms with Crippen LogP contribution in [0.2, 0.25) is 0 Å². The first-order chi connectivity index (χ1) is 10.7. The summed E-state index contributed by atoms with van der Waals surface area (Å²) in [6, 6.07) is 1.79. The Morgan fingerprint density at radius 3 is 2.50 bits per heavy atom. The predicted octanol–water partition coefficient (Wildman–Crippen LogP) is 0.684. The Morgan fingerprint density at radius 2 is 1.86 bits per heavy atom. The van der Waals surface area contributed by atoms with Gasteiger partial charge in [0.2, 0.25) is 11.9 Å². The molecule has 22 heavy (non-hydrogen) atoms. The second kappa shape index (κ2) is 6.95. The number of hydrogen-bond acceptors (Lipinski definition) is 6. The molecule has 0 saturated carbocycles. The van der Waals surface area contributed by atoms with Crippen molar-refractivity contribution in [1.82, 2.24) is 19.8 Å². The molecule has 2 saturated heterocycles. The molecule has 0 aliphatic carbocycles. The minimum absolute atomic E-state index is 0.0962. The highest BCUT2D eigenvalue weighted by molar-refractivity contribution is 8.13. The maximum Gasteiger partial charge on any atom is 0.281 e. The number of rotatable bonds is 4. The van der Waals surface area contributed by atoms with Crippen LogP contribution in [0.4, 0.5) is 10.7 Å². The van der Waals surface area contributed by atoms with Gasteiger partial charge in [-0.2, -0.15) is 0 Å². The highest BCUT2D eigenvalue weighted by atomic mass is 32.2. The van der Waals surface area contributed by atoms with Crippen LogP contribution in [0.5, 0.6) is 0 Å². The highest BCUT2D eigenvalue weighted by Gasteiger charge is 2.25. The van der Waals surface area contributed by atoms with Crippen LogP contribution in [0.3, 0.4) is 0 Å². The van der Waals surface area contributed by atoms with Gasteiger partial charge in [-0.15, -0.1) is 0 Å². The number of thioether (sulfide) groups is 1. The first kappa shape index (κ1) is 15.1. The SMILES string of the molecule is O=C(CCN1CCSC1=O)N1CCN(c2ncccn2)CC1. The molecule has 1 aromatic rings. The van der Waals surface area contributed by atoms with Gasteiger partial charge in [-0.3, -0.25) is 9.59 Å². The van der Waals surface area contributed by atoms with E-state index in [1.54, 1.807) is 23.4 Å². The molecule has 2 fully saturated rings. The Balaban J connectivity index is 1.45. The van der Waals surface area contributed by atoms with E-state index >= 15 is 0 Å². The molecule has 0 radical (unpaired) electrons. The van der Waals surface area contributed by atoms with Gasteiger partial charge in [-0.05, 0) is 6.07 Å². The van der Waals surface area contributed by atoms with Gasteiger partial charge in [0.25, 0.3) is 5.24 Å². The van der Waals surface area contributed by atoms with Gasteiger partial charge in [0.05, 0.1) is 0 Å². The van der Waals surface area contributed by atoms with Crippen molar-refractivity contribution in [2.45, 2.75) is 6.42 Å². The van der Waals surface area contributed by atoms with Crippen molar-refractivity contribution in [2.24, 2.45) is 0 Å². The van der Waals surface area contributed by atoms with E-state index in [1.165, 1.54) is 11.8 Å². The van der Waals surface area contributed by atoms with Crippen LogP contribution >= 0.6 is 11.8 Å². The van der Waals surface area contributed by atoms with Crippen LogP contribution in [-0.2, 0) is 4.79 Å². The number of aromatic nitrogens is 2. The van der Waals surface area contributed by atoms with E-state index in [1.807, 2.05) is 4.90 Å². The number of piperazine rings is 1. The summed E-state index contributed by atoms with van der Waals surface area (Å²) in [6.45, 7) is 4.14. The number of amides is 2. The van der Waals surface area contributed by atoms with Crippen LogP contribution in [-0.4, -0.2) is 75.9 Å². The molecule has 3 rings (SSSR count). The molecule has 2 aliphatic rings. The molecule has 7 nitrogen and oxygen atoms in total. The van der Waals surface area contributed by atoms with E-state index < -0.39 is 0 Å². The second-order valence-electron chi connectivity index (χ2n) is 5.27. The van der Waals surface area contributed by atoms with E-state index in [4.69, 9.17) is 0 Å². The van der Waals surface area contributed by atoms with Gasteiger partial charge in [-0.25, -0.2) is 9.97 Å². The average molecular weight is 321 g/mol. The average Bonchev–Trinajstić information content (AvgIpc) is 2.99. The van der Waals surface area contributed by atoms with Gasteiger partial charge >= 0.3 is 0 Å². The zero-order valence-electron chi connectivity index (χ0n) is 12.3. The third-order valence-corrected chi connectivity index (χ3v) is 4.80. The summed E-state index contributed by atoms with van der Waals surface area (Å²) in [4.78, 5) is 37.9. The Hall–Kier alpha value is -1.83. The molecule has 0 spiro atoms. The molecule has 2 amide bonds. The second-order valence-corrected chi connectivity index (χ2v) is 6.31. The number of carbonyl (C=O) groups excluding carboxylic acids is 2. The summed E-state index contributed by atoms with van der Waals surface area (Å²) in [7, 11) is 0. The minimum atomic E-state index is 0.0962. The van der Waals surface area contributed by atoms with Crippen molar-refractivity contribution in [2.75, 3.05) is 49.9 Å². The third kappa shape index (κ3) is 3.49. The van der Waals surface area contributed by atoms with Crippen molar-refractivity contribution in [1.29, 1.82) is 0 Å². The number of hydrogen-bond donors (Lipinski definition) is 0. The normalized spacial score (nSPS) is 18.9. The van der Waals surface area contributed by atoms with Crippen molar-refractivity contribution < 1.29 is 9.59 Å². The molecule has 0 aromatic carbocycles. The monoisotopic (exact) mass is 321 g/mol. The van der Waals surface area contributed by atoms with Crippen LogP contribution in [0, 0.1) is 0 Å². The van der Waals surface area contributed by atoms with Crippen molar-refractivity contribution >= 4 is 28.9 Å². The first-order valence-electron chi connectivity index (χ1n) is 7.45. The Morgan fingerprint density at radius 1 is 1.14 bits per heavy atom. The molecule has 0 atom stereocenters. The van der Waals surface area contributed by atoms with Crippen LogP contribution in [0.15, 0.2) is 18.5 Å². The Bertz CT molecular complexity index is 533. The minimum Gasteiger partial charge on any atom is -0.339 e. The van der Waals surface area contributed by atoms with Crippen molar-refractivity contribution in [3.8, 4) is 0 Å². The maximum atomic E-state index is 12.2. The lowest BCUT2D eigenvalue weighted by Gasteiger charge is -2.35. The predicted molar refractivity (Wildman–Crippen MR) is 84.9 cm³/mol. The van der Waals surface area contributed by atoms with Gasteiger partial charge in [0.15, 0.2) is 0 Å². The molecule has 2 aliphatic heterocycles. The van der Waals surface area contributed by atoms with Gasteiger partial charge in [0, 0.05) is 63.8 Å². The lowest BCUT2D eigenvalue weighted by molar-refractivity contribution is -0.131. The largest absolute Gasteiger partial charge is 0.339 e. The summed E-state index contributed by atoms with van der Waals surface area (Å²) in [5.74, 6) is 1.68. The Kier molecular flexibility index (Phi) is 4.77.